The molecule has 0 saturated carbocycles. The number of carbonyl (C=O) groups excluding carboxylic acids is 3. The Labute approximate surface area is 179 Å². The van der Waals surface area contributed by atoms with Gasteiger partial charge in [0.15, 0.2) is 0 Å². The van der Waals surface area contributed by atoms with Gasteiger partial charge in [0.05, 0.1) is 28.1 Å². The fraction of sp³-hybridized carbons (Fsp3) is 0.200. The highest BCUT2D eigenvalue weighted by molar-refractivity contribution is 9.10. The van der Waals surface area contributed by atoms with Crippen molar-refractivity contribution in [2.45, 2.75) is 13.3 Å². The van der Waals surface area contributed by atoms with Gasteiger partial charge in [-0.05, 0) is 43.3 Å². The molecule has 4 rings (SSSR count). The maximum atomic E-state index is 13.1. The van der Waals surface area contributed by atoms with Gasteiger partial charge < -0.3 is 0 Å². The fourth-order valence-corrected chi connectivity index (χ4v) is 3.99. The highest BCUT2D eigenvalue weighted by Crippen LogP contribution is 2.36. The van der Waals surface area contributed by atoms with Crippen LogP contribution in [0.4, 0.5) is 17.1 Å². The summed E-state index contributed by atoms with van der Waals surface area (Å²) in [4.78, 5) is 50.1. The average Bonchev–Trinajstić information content (AvgIpc) is 3.17. The van der Waals surface area contributed by atoms with E-state index in [0.717, 1.165) is 14.4 Å². The van der Waals surface area contributed by atoms with Crippen molar-refractivity contribution < 1.29 is 19.3 Å². The first-order valence-corrected chi connectivity index (χ1v) is 9.83. The molecule has 1 fully saturated rings. The molecule has 1 saturated heterocycles. The quantitative estimate of drug-likeness (QED) is 0.386. The van der Waals surface area contributed by atoms with Crippen molar-refractivity contribution >= 4 is 56.4 Å². The monoisotopic (exact) mass is 470 g/mol. The summed E-state index contributed by atoms with van der Waals surface area (Å²) in [7, 11) is 0. The maximum Gasteiger partial charge on any atom is 0.269 e. The molecule has 2 heterocycles. The van der Waals surface area contributed by atoms with E-state index in [0.29, 0.717) is 17.1 Å². The lowest BCUT2D eigenvalue weighted by molar-refractivity contribution is -0.384. The fourth-order valence-electron chi connectivity index (χ4n) is 3.72. The Hall–Kier alpha value is -3.40. The van der Waals surface area contributed by atoms with Gasteiger partial charge in [-0.1, -0.05) is 15.9 Å². The maximum absolute atomic E-state index is 13.1. The van der Waals surface area contributed by atoms with E-state index < -0.39 is 28.6 Å². The third-order valence-corrected chi connectivity index (χ3v) is 5.69. The van der Waals surface area contributed by atoms with Crippen LogP contribution < -0.4 is 9.91 Å². The summed E-state index contributed by atoms with van der Waals surface area (Å²) in [6.07, 6.45) is -0.0910. The highest BCUT2D eigenvalue weighted by atomic mass is 79.9. The van der Waals surface area contributed by atoms with E-state index in [1.807, 2.05) is 0 Å². The predicted octanol–water partition coefficient (Wildman–Crippen LogP) is 3.28. The van der Waals surface area contributed by atoms with Crippen LogP contribution in [-0.2, 0) is 14.4 Å². The van der Waals surface area contributed by atoms with Crippen LogP contribution in [0.25, 0.3) is 0 Å². The molecule has 0 radical (unpaired) electrons. The van der Waals surface area contributed by atoms with Crippen molar-refractivity contribution in [1.82, 2.24) is 0 Å². The number of halogens is 1. The minimum Gasteiger partial charge on any atom is -0.274 e. The van der Waals surface area contributed by atoms with E-state index in [4.69, 9.17) is 0 Å². The Morgan fingerprint density at radius 2 is 1.60 bits per heavy atom. The number of nitro groups is 1. The van der Waals surface area contributed by atoms with Gasteiger partial charge in [0.1, 0.15) is 0 Å². The summed E-state index contributed by atoms with van der Waals surface area (Å²) in [5.41, 5.74) is 1.11. The minimum atomic E-state index is -0.864. The lowest BCUT2D eigenvalue weighted by atomic mass is 9.87. The minimum absolute atomic E-state index is 0.0910. The number of benzene rings is 2. The zero-order valence-corrected chi connectivity index (χ0v) is 17.3. The van der Waals surface area contributed by atoms with Crippen LogP contribution in [0.2, 0.25) is 0 Å². The molecule has 2 aliphatic rings. The third kappa shape index (κ3) is 3.28. The number of non-ortho nitro benzene ring substituents is 1. The van der Waals surface area contributed by atoms with Crippen LogP contribution in [0.1, 0.15) is 13.3 Å². The van der Waals surface area contributed by atoms with Crippen LogP contribution in [0.3, 0.4) is 0 Å². The number of nitro benzene ring substituents is 1. The average molecular weight is 471 g/mol. The van der Waals surface area contributed by atoms with Gasteiger partial charge >= 0.3 is 0 Å². The standard InChI is InChI=1S/C20H15BrN4O5/c1-11-18(20(28)24(22-11)14-6-8-15(9-7-14)25(29)30)16-10-17(26)23(19(16)27)13-4-2-12(21)3-5-13/h2-9,16,18H,10H2,1H3/t16-,18+/m1/s1. The van der Waals surface area contributed by atoms with Gasteiger partial charge in [-0.15, -0.1) is 0 Å². The second kappa shape index (κ2) is 7.45. The van der Waals surface area contributed by atoms with E-state index in [1.165, 1.54) is 24.3 Å². The zero-order chi connectivity index (χ0) is 21.6. The van der Waals surface area contributed by atoms with Crippen LogP contribution >= 0.6 is 15.9 Å². The molecule has 0 aromatic heterocycles. The summed E-state index contributed by atoms with van der Waals surface area (Å²) in [6.45, 7) is 1.63. The van der Waals surface area contributed by atoms with Crippen LogP contribution in [-0.4, -0.2) is 28.4 Å². The highest BCUT2D eigenvalue weighted by Gasteiger charge is 2.50. The third-order valence-electron chi connectivity index (χ3n) is 5.16. The van der Waals surface area contributed by atoms with Crippen LogP contribution in [0, 0.1) is 22.0 Å². The summed E-state index contributed by atoms with van der Waals surface area (Å²) >= 11 is 3.32. The van der Waals surface area contributed by atoms with Crippen molar-refractivity contribution in [2.75, 3.05) is 9.91 Å². The molecule has 0 bridgehead atoms. The predicted molar refractivity (Wildman–Crippen MR) is 112 cm³/mol. The summed E-state index contributed by atoms with van der Waals surface area (Å²) in [6, 6.07) is 12.2. The van der Waals surface area contributed by atoms with E-state index in [9.17, 15) is 24.5 Å². The van der Waals surface area contributed by atoms with Gasteiger partial charge in [-0.3, -0.25) is 29.4 Å². The molecule has 152 valence electrons. The molecule has 2 aromatic rings. The second-order valence-corrected chi connectivity index (χ2v) is 7.91. The molecule has 2 aromatic carbocycles. The number of imide groups is 1. The molecular weight excluding hydrogens is 456 g/mol. The van der Waals surface area contributed by atoms with Crippen molar-refractivity contribution in [3.63, 3.8) is 0 Å². The number of hydrazone groups is 1. The number of hydrogen-bond acceptors (Lipinski definition) is 6. The van der Waals surface area contributed by atoms with Crippen LogP contribution in [0.15, 0.2) is 58.1 Å². The first-order chi connectivity index (χ1) is 14.3. The normalized spacial score (nSPS) is 21.4. The molecule has 30 heavy (non-hydrogen) atoms. The zero-order valence-electron chi connectivity index (χ0n) is 15.7. The van der Waals surface area contributed by atoms with Gasteiger partial charge in [0.2, 0.25) is 11.8 Å². The van der Waals surface area contributed by atoms with Crippen LogP contribution in [0.5, 0.6) is 0 Å². The number of rotatable bonds is 4. The summed E-state index contributed by atoms with van der Waals surface area (Å²) in [5.74, 6) is -2.97. The number of anilines is 2. The summed E-state index contributed by atoms with van der Waals surface area (Å²) in [5, 5.41) is 16.2. The van der Waals surface area contributed by atoms with Crippen molar-refractivity contribution in [1.29, 1.82) is 0 Å². The molecule has 0 aliphatic carbocycles. The number of amides is 3. The molecular formula is C20H15BrN4O5. The van der Waals surface area contributed by atoms with Gasteiger partial charge in [-0.2, -0.15) is 5.10 Å². The summed E-state index contributed by atoms with van der Waals surface area (Å²) < 4.78 is 0.814. The van der Waals surface area contributed by atoms with E-state index >= 15 is 0 Å². The molecule has 2 atom stereocenters. The number of hydrogen-bond donors (Lipinski definition) is 0. The molecule has 0 spiro atoms. The van der Waals surface area contributed by atoms with E-state index in [-0.39, 0.29) is 18.0 Å². The van der Waals surface area contributed by atoms with Crippen molar-refractivity contribution in [3.05, 3.63) is 63.1 Å². The Balaban J connectivity index is 1.59. The molecule has 9 nitrogen and oxygen atoms in total. The van der Waals surface area contributed by atoms with Gasteiger partial charge in [0.25, 0.3) is 11.6 Å². The SMILES string of the molecule is CC1=NN(c2ccc([N+](=O)[O-])cc2)C(=O)[C@@H]1[C@H]1CC(=O)N(c2ccc(Br)cc2)C1=O. The number of nitrogens with zero attached hydrogens (tertiary/aromatic N) is 4. The lowest BCUT2D eigenvalue weighted by Gasteiger charge is -2.19. The van der Waals surface area contributed by atoms with E-state index in [2.05, 4.69) is 21.0 Å². The second-order valence-electron chi connectivity index (χ2n) is 7.00. The Morgan fingerprint density at radius 3 is 2.20 bits per heavy atom. The van der Waals surface area contributed by atoms with Gasteiger partial charge in [-0.25, -0.2) is 5.01 Å². The topological polar surface area (TPSA) is 113 Å². The molecule has 10 heteroatoms. The number of carbonyl (C=O) groups is 3. The smallest absolute Gasteiger partial charge is 0.269 e. The Kier molecular flexibility index (Phi) is 4.94. The van der Waals surface area contributed by atoms with E-state index in [1.54, 1.807) is 31.2 Å². The van der Waals surface area contributed by atoms with Gasteiger partial charge in [0, 0.05) is 28.7 Å². The Bertz CT molecular complexity index is 1100. The Morgan fingerprint density at radius 1 is 1.00 bits per heavy atom. The first kappa shape index (κ1) is 19.9. The molecule has 0 unspecified atom stereocenters. The molecule has 3 amide bonds. The molecule has 2 aliphatic heterocycles. The van der Waals surface area contributed by atoms with Crippen molar-refractivity contribution in [2.24, 2.45) is 16.9 Å². The lowest BCUT2D eigenvalue weighted by Crippen LogP contribution is -2.37. The largest absolute Gasteiger partial charge is 0.274 e. The van der Waals surface area contributed by atoms with Crippen molar-refractivity contribution in [3.8, 4) is 0 Å². The molecule has 0 N–H and O–H groups in total. The first-order valence-electron chi connectivity index (χ1n) is 9.04.